The van der Waals surface area contributed by atoms with E-state index >= 15 is 0 Å². The van der Waals surface area contributed by atoms with Crippen molar-refractivity contribution in [3.63, 3.8) is 0 Å². The number of benzene rings is 3. The van der Waals surface area contributed by atoms with Crippen LogP contribution in [0.15, 0.2) is 76.7 Å². The molecule has 0 aliphatic heterocycles. The molecule has 7 heteroatoms. The first-order chi connectivity index (χ1) is 15.8. The molecule has 0 saturated carbocycles. The van der Waals surface area contributed by atoms with Crippen LogP contribution in [0.2, 0.25) is 0 Å². The Hall–Kier alpha value is -3.71. The van der Waals surface area contributed by atoms with Gasteiger partial charge in [-0.2, -0.15) is 0 Å². The quantitative estimate of drug-likeness (QED) is 0.379. The second kappa shape index (κ2) is 8.67. The van der Waals surface area contributed by atoms with E-state index in [-0.39, 0.29) is 15.4 Å². The van der Waals surface area contributed by atoms with Crippen molar-refractivity contribution >= 4 is 26.5 Å². The number of aryl methyl sites for hydroxylation is 2. The lowest BCUT2D eigenvalue weighted by molar-refractivity contribution is 0.103. The van der Waals surface area contributed by atoms with E-state index in [9.17, 15) is 13.2 Å². The molecule has 0 N–H and O–H groups in total. The average molecular weight is 462 g/mol. The molecule has 33 heavy (non-hydrogen) atoms. The third-order valence-electron chi connectivity index (χ3n) is 5.68. The Balaban J connectivity index is 2.02. The molecular weight excluding hydrogens is 438 g/mol. The van der Waals surface area contributed by atoms with E-state index in [0.717, 1.165) is 11.1 Å². The monoisotopic (exact) mass is 461 g/mol. The third-order valence-corrected chi connectivity index (χ3v) is 7.55. The fraction of sp³-hybridized carbons (Fsp3) is 0.154. The van der Waals surface area contributed by atoms with Gasteiger partial charge in [0.2, 0.25) is 9.84 Å². The maximum Gasteiger partial charge on any atom is 0.208 e. The highest BCUT2D eigenvalue weighted by Gasteiger charge is 2.29. The van der Waals surface area contributed by atoms with Crippen LogP contribution < -0.4 is 9.47 Å². The first-order valence-electron chi connectivity index (χ1n) is 10.2. The predicted octanol–water partition coefficient (Wildman–Crippen LogP) is 4.93. The minimum absolute atomic E-state index is 0.00910. The van der Waals surface area contributed by atoms with Crippen LogP contribution in [0.4, 0.5) is 0 Å². The van der Waals surface area contributed by atoms with Gasteiger partial charge in [0.05, 0.1) is 35.1 Å². The number of pyridine rings is 1. The number of hydrogen-bond acceptors (Lipinski definition) is 6. The summed E-state index contributed by atoms with van der Waals surface area (Å²) in [5, 5.41) is 0.319. The largest absolute Gasteiger partial charge is 0.497 e. The lowest BCUT2D eigenvalue weighted by Gasteiger charge is -2.14. The van der Waals surface area contributed by atoms with E-state index in [1.54, 1.807) is 42.5 Å². The highest BCUT2D eigenvalue weighted by molar-refractivity contribution is 7.91. The summed E-state index contributed by atoms with van der Waals surface area (Å²) < 4.78 is 38.2. The molecule has 0 saturated heterocycles. The predicted molar refractivity (Wildman–Crippen MR) is 126 cm³/mol. The summed E-state index contributed by atoms with van der Waals surface area (Å²) in [6, 6.07) is 16.3. The smallest absolute Gasteiger partial charge is 0.208 e. The number of ether oxygens (including phenoxy) is 2. The van der Waals surface area contributed by atoms with Crippen molar-refractivity contribution in [2.45, 2.75) is 23.6 Å². The minimum Gasteiger partial charge on any atom is -0.497 e. The number of rotatable bonds is 6. The molecule has 0 fully saturated rings. The lowest BCUT2D eigenvalue weighted by Crippen LogP contribution is -2.13. The average Bonchev–Trinajstić information content (AvgIpc) is 2.84. The van der Waals surface area contributed by atoms with Gasteiger partial charge in [-0.15, -0.1) is 0 Å². The van der Waals surface area contributed by atoms with E-state index < -0.39 is 15.6 Å². The Morgan fingerprint density at radius 2 is 1.48 bits per heavy atom. The van der Waals surface area contributed by atoms with Crippen molar-refractivity contribution in [3.8, 4) is 11.5 Å². The molecule has 0 aliphatic rings. The summed E-state index contributed by atoms with van der Waals surface area (Å²) >= 11 is 0. The Bertz CT molecular complexity index is 1480. The maximum atomic E-state index is 13.9. The van der Waals surface area contributed by atoms with E-state index in [4.69, 9.17) is 9.47 Å². The topological polar surface area (TPSA) is 82.6 Å². The summed E-state index contributed by atoms with van der Waals surface area (Å²) in [5.41, 5.74) is 2.83. The molecule has 0 amide bonds. The third kappa shape index (κ3) is 4.07. The van der Waals surface area contributed by atoms with Crippen molar-refractivity contribution in [2.24, 2.45) is 0 Å². The van der Waals surface area contributed by atoms with Gasteiger partial charge in [-0.1, -0.05) is 12.1 Å². The van der Waals surface area contributed by atoms with E-state index in [2.05, 4.69) is 4.98 Å². The van der Waals surface area contributed by atoms with Crippen molar-refractivity contribution in [2.75, 3.05) is 14.2 Å². The number of nitrogens with zero attached hydrogens (tertiary/aromatic N) is 1. The lowest BCUT2D eigenvalue weighted by atomic mass is 9.99. The normalized spacial score (nSPS) is 11.4. The first kappa shape index (κ1) is 22.5. The SMILES string of the molecule is COc1ccc(S(=O)(=O)c2c(C(=O)c3ccc(C)c(C)c3)cnc3ccc(OC)cc23)cc1. The zero-order valence-corrected chi connectivity index (χ0v) is 19.6. The van der Waals surface area contributed by atoms with Crippen molar-refractivity contribution in [1.29, 1.82) is 0 Å². The van der Waals surface area contributed by atoms with Crippen molar-refractivity contribution < 1.29 is 22.7 Å². The first-order valence-corrected chi connectivity index (χ1v) is 11.7. The fourth-order valence-corrected chi connectivity index (χ4v) is 5.25. The van der Waals surface area contributed by atoms with Gasteiger partial charge in [0.25, 0.3) is 0 Å². The summed E-state index contributed by atoms with van der Waals surface area (Å²) in [6.07, 6.45) is 1.34. The van der Waals surface area contributed by atoms with Gasteiger partial charge in [-0.3, -0.25) is 9.78 Å². The number of carbonyl (C=O) groups is 1. The Morgan fingerprint density at radius 3 is 2.12 bits per heavy atom. The molecule has 0 radical (unpaired) electrons. The molecule has 3 aromatic carbocycles. The van der Waals surface area contributed by atoms with Gasteiger partial charge >= 0.3 is 0 Å². The second-order valence-electron chi connectivity index (χ2n) is 7.69. The van der Waals surface area contributed by atoms with Gasteiger partial charge in [-0.05, 0) is 73.5 Å². The molecule has 0 bridgehead atoms. The van der Waals surface area contributed by atoms with Gasteiger partial charge in [0.1, 0.15) is 11.5 Å². The van der Waals surface area contributed by atoms with Gasteiger partial charge in [-0.25, -0.2) is 8.42 Å². The molecule has 1 heterocycles. The van der Waals surface area contributed by atoms with Gasteiger partial charge in [0.15, 0.2) is 5.78 Å². The van der Waals surface area contributed by atoms with E-state index in [1.807, 2.05) is 19.9 Å². The molecular formula is C26H23NO5S. The molecule has 4 aromatic rings. The number of methoxy groups -OCH3 is 2. The molecule has 0 aliphatic carbocycles. The molecule has 6 nitrogen and oxygen atoms in total. The van der Waals surface area contributed by atoms with Crippen LogP contribution in [0.1, 0.15) is 27.0 Å². The van der Waals surface area contributed by atoms with Crippen LogP contribution in [-0.2, 0) is 9.84 Å². The fourth-order valence-electron chi connectivity index (χ4n) is 3.64. The number of fused-ring (bicyclic) bond motifs is 1. The van der Waals surface area contributed by atoms with Crippen molar-refractivity contribution in [3.05, 3.63) is 89.1 Å². The zero-order valence-electron chi connectivity index (χ0n) is 18.7. The van der Waals surface area contributed by atoms with Crippen LogP contribution in [0.25, 0.3) is 10.9 Å². The van der Waals surface area contributed by atoms with Gasteiger partial charge in [0, 0.05) is 17.1 Å². The second-order valence-corrected chi connectivity index (χ2v) is 9.58. The molecule has 1 aromatic heterocycles. The summed E-state index contributed by atoms with van der Waals surface area (Å²) in [4.78, 5) is 17.9. The van der Waals surface area contributed by atoms with Crippen LogP contribution in [-0.4, -0.2) is 33.4 Å². The molecule has 0 unspecified atom stereocenters. The standard InChI is InChI=1S/C26H23NO5S/c1-16-5-6-18(13-17(16)2)25(28)23-15-27-24-12-9-20(32-4)14-22(24)26(23)33(29,30)21-10-7-19(31-3)8-11-21/h5-15H,1-4H3. The van der Waals surface area contributed by atoms with Gasteiger partial charge < -0.3 is 9.47 Å². The highest BCUT2D eigenvalue weighted by atomic mass is 32.2. The summed E-state index contributed by atoms with van der Waals surface area (Å²) in [6.45, 7) is 3.86. The molecule has 0 spiro atoms. The Kier molecular flexibility index (Phi) is 5.91. The molecule has 168 valence electrons. The minimum atomic E-state index is -4.09. The molecule has 0 atom stereocenters. The van der Waals surface area contributed by atoms with E-state index in [0.29, 0.717) is 28.0 Å². The number of ketones is 1. The maximum absolute atomic E-state index is 13.9. The van der Waals surface area contributed by atoms with Crippen molar-refractivity contribution in [1.82, 2.24) is 4.98 Å². The number of carbonyl (C=O) groups excluding carboxylic acids is 1. The van der Waals surface area contributed by atoms with Crippen LogP contribution in [0.5, 0.6) is 11.5 Å². The number of hydrogen-bond donors (Lipinski definition) is 0. The highest BCUT2D eigenvalue weighted by Crippen LogP contribution is 2.34. The zero-order chi connectivity index (χ0) is 23.8. The summed E-state index contributed by atoms with van der Waals surface area (Å²) in [5.74, 6) is 0.579. The molecule has 4 rings (SSSR count). The van der Waals surface area contributed by atoms with Crippen LogP contribution in [0.3, 0.4) is 0 Å². The van der Waals surface area contributed by atoms with Crippen LogP contribution >= 0.6 is 0 Å². The Labute approximate surface area is 192 Å². The number of sulfone groups is 1. The Morgan fingerprint density at radius 1 is 0.818 bits per heavy atom. The van der Waals surface area contributed by atoms with E-state index in [1.165, 1.54) is 32.5 Å². The summed E-state index contributed by atoms with van der Waals surface area (Å²) in [7, 11) is -1.09. The number of aromatic nitrogens is 1. The van der Waals surface area contributed by atoms with Crippen LogP contribution in [0, 0.1) is 13.8 Å².